The monoisotopic (exact) mass is 267 g/mol. The number of aromatic nitrogens is 3. The Morgan fingerprint density at radius 2 is 2.00 bits per heavy atom. The molecule has 0 saturated heterocycles. The summed E-state index contributed by atoms with van der Waals surface area (Å²) in [5.74, 6) is 0.865. The fraction of sp³-hybridized carbons (Fsp3) is 0.250. The van der Waals surface area contributed by atoms with E-state index >= 15 is 0 Å². The lowest BCUT2D eigenvalue weighted by atomic mass is 10.1. The summed E-state index contributed by atoms with van der Waals surface area (Å²) in [5, 5.41) is 10.4. The third-order valence-corrected chi connectivity index (χ3v) is 3.62. The van der Waals surface area contributed by atoms with Crippen LogP contribution in [0.2, 0.25) is 0 Å². The van der Waals surface area contributed by atoms with Crippen LogP contribution in [0.1, 0.15) is 23.2 Å². The Morgan fingerprint density at radius 1 is 1.20 bits per heavy atom. The number of benzene rings is 1. The zero-order valence-electron chi connectivity index (χ0n) is 11.6. The molecule has 20 heavy (non-hydrogen) atoms. The van der Waals surface area contributed by atoms with Crippen LogP contribution in [-0.4, -0.2) is 19.6 Å². The van der Waals surface area contributed by atoms with E-state index < -0.39 is 6.10 Å². The number of para-hydroxylation sites is 2. The molecule has 0 saturated carbocycles. The molecule has 0 aliphatic heterocycles. The molecular weight excluding hydrogens is 250 g/mol. The molecule has 1 unspecified atom stereocenters. The van der Waals surface area contributed by atoms with Gasteiger partial charge in [-0.2, -0.15) is 0 Å². The van der Waals surface area contributed by atoms with Crippen LogP contribution in [0.5, 0.6) is 0 Å². The summed E-state index contributed by atoms with van der Waals surface area (Å²) < 4.78 is 2.02. The van der Waals surface area contributed by atoms with Crippen LogP contribution in [0.25, 0.3) is 11.0 Å². The highest BCUT2D eigenvalue weighted by molar-refractivity contribution is 5.75. The van der Waals surface area contributed by atoms with Crippen LogP contribution < -0.4 is 0 Å². The summed E-state index contributed by atoms with van der Waals surface area (Å²) in [6, 6.07) is 11.8. The van der Waals surface area contributed by atoms with E-state index in [-0.39, 0.29) is 0 Å². The number of imidazole rings is 1. The highest BCUT2D eigenvalue weighted by Crippen LogP contribution is 2.21. The van der Waals surface area contributed by atoms with Crippen molar-refractivity contribution in [1.29, 1.82) is 0 Å². The molecule has 2 aromatic heterocycles. The number of pyridine rings is 1. The van der Waals surface area contributed by atoms with Crippen molar-refractivity contribution >= 4 is 11.0 Å². The average molecular weight is 267 g/mol. The number of aliphatic hydroxyl groups excluding tert-OH is 1. The Kier molecular flexibility index (Phi) is 3.24. The summed E-state index contributed by atoms with van der Waals surface area (Å²) in [4.78, 5) is 8.85. The van der Waals surface area contributed by atoms with Gasteiger partial charge >= 0.3 is 0 Å². The number of aliphatic hydroxyl groups is 1. The van der Waals surface area contributed by atoms with Gasteiger partial charge in [0, 0.05) is 19.7 Å². The minimum Gasteiger partial charge on any atom is -0.386 e. The van der Waals surface area contributed by atoms with Gasteiger partial charge in [0.15, 0.2) is 0 Å². The van der Waals surface area contributed by atoms with Crippen LogP contribution in [0.4, 0.5) is 0 Å². The van der Waals surface area contributed by atoms with Gasteiger partial charge in [0.05, 0.1) is 16.7 Å². The average Bonchev–Trinajstić information content (AvgIpc) is 2.76. The van der Waals surface area contributed by atoms with E-state index in [1.165, 1.54) is 0 Å². The summed E-state index contributed by atoms with van der Waals surface area (Å²) in [6.07, 6.45) is 1.54. The molecule has 0 fully saturated rings. The summed E-state index contributed by atoms with van der Waals surface area (Å²) in [5.41, 5.74) is 3.75. The van der Waals surface area contributed by atoms with Crippen LogP contribution in [-0.2, 0) is 13.5 Å². The predicted molar refractivity (Wildman–Crippen MR) is 78.4 cm³/mol. The number of aryl methyl sites for hydroxylation is 2. The second-order valence-electron chi connectivity index (χ2n) is 5.00. The van der Waals surface area contributed by atoms with E-state index in [4.69, 9.17) is 0 Å². The highest BCUT2D eigenvalue weighted by atomic mass is 16.3. The molecular formula is C16H17N3O. The topological polar surface area (TPSA) is 50.9 Å². The molecule has 0 bridgehead atoms. The summed E-state index contributed by atoms with van der Waals surface area (Å²) in [7, 11) is 1.97. The third kappa shape index (κ3) is 2.18. The first kappa shape index (κ1) is 12.8. The lowest BCUT2D eigenvalue weighted by Gasteiger charge is -2.12. The number of rotatable bonds is 3. The molecule has 1 atom stereocenters. The molecule has 102 valence electrons. The Morgan fingerprint density at radius 3 is 2.75 bits per heavy atom. The van der Waals surface area contributed by atoms with E-state index in [9.17, 15) is 5.11 Å². The highest BCUT2D eigenvalue weighted by Gasteiger charge is 2.16. The van der Waals surface area contributed by atoms with Crippen molar-refractivity contribution in [2.75, 3.05) is 0 Å². The Hall–Kier alpha value is -2.20. The van der Waals surface area contributed by atoms with Crippen LogP contribution in [0.15, 0.2) is 42.6 Å². The van der Waals surface area contributed by atoms with Gasteiger partial charge in [0.25, 0.3) is 0 Å². The molecule has 4 heteroatoms. The predicted octanol–water partition coefficient (Wildman–Crippen LogP) is 2.55. The van der Waals surface area contributed by atoms with E-state index in [0.717, 1.165) is 28.1 Å². The van der Waals surface area contributed by atoms with E-state index in [1.807, 2.05) is 54.9 Å². The van der Waals surface area contributed by atoms with E-state index in [1.54, 1.807) is 6.20 Å². The van der Waals surface area contributed by atoms with Crippen molar-refractivity contribution in [3.05, 3.63) is 59.7 Å². The van der Waals surface area contributed by atoms with E-state index in [2.05, 4.69) is 9.97 Å². The number of fused-ring (bicyclic) bond motifs is 1. The Bertz CT molecular complexity index is 748. The number of hydrogen-bond donors (Lipinski definition) is 1. The standard InChI is InChI=1S/C16H17N3O/c1-11-6-5-9-17-16(11)14(20)10-15-18-12-7-3-4-8-13(12)19(15)2/h3-9,14,20H,10H2,1-2H3. The first-order chi connectivity index (χ1) is 9.66. The first-order valence-corrected chi connectivity index (χ1v) is 6.66. The van der Waals surface area contributed by atoms with Gasteiger partial charge in [-0.25, -0.2) is 4.98 Å². The molecule has 0 aliphatic rings. The molecule has 0 aliphatic carbocycles. The van der Waals surface area contributed by atoms with Crippen LogP contribution >= 0.6 is 0 Å². The smallest absolute Gasteiger partial charge is 0.112 e. The molecule has 1 N–H and O–H groups in total. The minimum absolute atomic E-state index is 0.461. The van der Waals surface area contributed by atoms with Gasteiger partial charge in [-0.15, -0.1) is 0 Å². The molecule has 0 radical (unpaired) electrons. The van der Waals surface area contributed by atoms with Gasteiger partial charge in [-0.3, -0.25) is 4.98 Å². The molecule has 0 spiro atoms. The summed E-state index contributed by atoms with van der Waals surface area (Å²) in [6.45, 7) is 1.96. The Balaban J connectivity index is 1.93. The first-order valence-electron chi connectivity index (χ1n) is 6.66. The van der Waals surface area contributed by atoms with Gasteiger partial charge in [-0.1, -0.05) is 18.2 Å². The van der Waals surface area contributed by atoms with Crippen molar-refractivity contribution in [3.8, 4) is 0 Å². The molecule has 0 amide bonds. The maximum absolute atomic E-state index is 10.4. The minimum atomic E-state index is -0.633. The molecule has 3 rings (SSSR count). The molecule has 2 heterocycles. The second kappa shape index (κ2) is 5.06. The zero-order chi connectivity index (χ0) is 14.1. The molecule has 3 aromatic rings. The zero-order valence-corrected chi connectivity index (χ0v) is 11.6. The van der Waals surface area contributed by atoms with Crippen molar-refractivity contribution in [1.82, 2.24) is 14.5 Å². The maximum atomic E-state index is 10.4. The fourth-order valence-electron chi connectivity index (χ4n) is 2.49. The largest absolute Gasteiger partial charge is 0.386 e. The fourth-order valence-corrected chi connectivity index (χ4v) is 2.49. The SMILES string of the molecule is Cc1cccnc1C(O)Cc1nc2ccccc2n1C. The van der Waals surface area contributed by atoms with Gasteiger partial charge < -0.3 is 9.67 Å². The van der Waals surface area contributed by atoms with Gasteiger partial charge in [0.1, 0.15) is 11.9 Å². The Labute approximate surface area is 117 Å². The number of nitrogens with zero attached hydrogens (tertiary/aromatic N) is 3. The van der Waals surface area contributed by atoms with Crippen molar-refractivity contribution in [3.63, 3.8) is 0 Å². The van der Waals surface area contributed by atoms with Crippen LogP contribution in [0.3, 0.4) is 0 Å². The van der Waals surface area contributed by atoms with Gasteiger partial charge in [0.2, 0.25) is 0 Å². The quantitative estimate of drug-likeness (QED) is 0.793. The third-order valence-electron chi connectivity index (χ3n) is 3.62. The molecule has 1 aromatic carbocycles. The van der Waals surface area contributed by atoms with Crippen molar-refractivity contribution in [2.24, 2.45) is 7.05 Å². The lowest BCUT2D eigenvalue weighted by molar-refractivity contribution is 0.169. The van der Waals surface area contributed by atoms with Crippen molar-refractivity contribution < 1.29 is 5.11 Å². The maximum Gasteiger partial charge on any atom is 0.112 e. The van der Waals surface area contributed by atoms with Crippen molar-refractivity contribution in [2.45, 2.75) is 19.4 Å². The normalized spacial score (nSPS) is 12.8. The lowest BCUT2D eigenvalue weighted by Crippen LogP contribution is -2.09. The summed E-state index contributed by atoms with van der Waals surface area (Å²) >= 11 is 0. The second-order valence-corrected chi connectivity index (χ2v) is 5.00. The van der Waals surface area contributed by atoms with Crippen LogP contribution in [0, 0.1) is 6.92 Å². The molecule has 4 nitrogen and oxygen atoms in total. The number of hydrogen-bond acceptors (Lipinski definition) is 3. The van der Waals surface area contributed by atoms with E-state index in [0.29, 0.717) is 6.42 Å². The van der Waals surface area contributed by atoms with Gasteiger partial charge in [-0.05, 0) is 30.7 Å².